The molecule has 1 unspecified atom stereocenters. The zero-order chi connectivity index (χ0) is 11.3. The van der Waals surface area contributed by atoms with Crippen LogP contribution in [0.15, 0.2) is 12.4 Å². The minimum Gasteiger partial charge on any atom is -0.380 e. The zero-order valence-corrected chi connectivity index (χ0v) is 9.85. The maximum absolute atomic E-state index is 5.92. The Morgan fingerprint density at radius 2 is 2.07 bits per heavy atom. The lowest BCUT2D eigenvalue weighted by Gasteiger charge is -2.15. The van der Waals surface area contributed by atoms with Gasteiger partial charge in [0, 0.05) is 32.6 Å². The molecule has 0 radical (unpaired) electrons. The van der Waals surface area contributed by atoms with Crippen LogP contribution in [-0.2, 0) is 4.74 Å². The molecule has 3 N–H and O–H groups in total. The summed E-state index contributed by atoms with van der Waals surface area (Å²) in [5.74, 6) is 0. The summed E-state index contributed by atoms with van der Waals surface area (Å²) in [5.41, 5.74) is 6.14. The van der Waals surface area contributed by atoms with E-state index in [1.54, 1.807) is 7.11 Å². The first-order valence-corrected chi connectivity index (χ1v) is 5.20. The van der Waals surface area contributed by atoms with Gasteiger partial charge in [-0.2, -0.15) is 0 Å². The van der Waals surface area contributed by atoms with Gasteiger partial charge in [-0.3, -0.25) is 4.98 Å². The summed E-state index contributed by atoms with van der Waals surface area (Å²) in [7, 11) is 1.61. The van der Waals surface area contributed by atoms with Gasteiger partial charge in [-0.25, -0.2) is 0 Å². The molecular weight excluding hydrogens is 237 g/mol. The van der Waals surface area contributed by atoms with Crippen LogP contribution in [0.5, 0.6) is 0 Å². The molecule has 0 aliphatic heterocycles. The summed E-state index contributed by atoms with van der Waals surface area (Å²) in [6, 6.07) is 0. The van der Waals surface area contributed by atoms with Crippen LogP contribution >= 0.6 is 23.2 Å². The average Bonchev–Trinajstić information content (AvgIpc) is 2.23. The van der Waals surface area contributed by atoms with Gasteiger partial charge >= 0.3 is 0 Å². The Balaban J connectivity index is 2.64. The van der Waals surface area contributed by atoms with Crippen LogP contribution in [0.2, 0.25) is 10.0 Å². The number of nitrogens with one attached hydrogen (secondary N) is 1. The van der Waals surface area contributed by atoms with E-state index in [1.165, 1.54) is 12.4 Å². The molecule has 0 amide bonds. The highest BCUT2D eigenvalue weighted by molar-refractivity contribution is 6.38. The number of nitrogens with zero attached hydrogens (tertiary/aromatic N) is 1. The number of hydrogen-bond donors (Lipinski definition) is 2. The normalized spacial score (nSPS) is 12.5. The van der Waals surface area contributed by atoms with Crippen molar-refractivity contribution in [2.24, 2.45) is 5.73 Å². The number of rotatable bonds is 5. The lowest BCUT2D eigenvalue weighted by Crippen LogP contribution is -2.30. The molecule has 1 aromatic heterocycles. The van der Waals surface area contributed by atoms with E-state index in [2.05, 4.69) is 10.3 Å². The number of pyridine rings is 1. The van der Waals surface area contributed by atoms with Gasteiger partial charge in [0.05, 0.1) is 21.8 Å². The SMILES string of the molecule is COC(CN)CNc1c(Cl)cncc1Cl. The number of aromatic nitrogens is 1. The van der Waals surface area contributed by atoms with E-state index in [-0.39, 0.29) is 6.10 Å². The molecule has 1 rings (SSSR count). The summed E-state index contributed by atoms with van der Waals surface area (Å²) in [6.45, 7) is 0.986. The van der Waals surface area contributed by atoms with E-state index < -0.39 is 0 Å². The molecule has 6 heteroatoms. The second kappa shape index (κ2) is 6.12. The van der Waals surface area contributed by atoms with E-state index in [1.807, 2.05) is 0 Å². The fraction of sp³-hybridized carbons (Fsp3) is 0.444. The fourth-order valence-electron chi connectivity index (χ4n) is 1.06. The minimum absolute atomic E-state index is 0.0645. The summed E-state index contributed by atoms with van der Waals surface area (Å²) >= 11 is 11.8. The molecule has 0 spiro atoms. The van der Waals surface area contributed by atoms with E-state index in [0.717, 1.165) is 0 Å². The number of anilines is 1. The lowest BCUT2D eigenvalue weighted by atomic mass is 10.3. The predicted octanol–water partition coefficient (Wildman–Crippen LogP) is 1.77. The average molecular weight is 250 g/mol. The van der Waals surface area contributed by atoms with Crippen molar-refractivity contribution in [3.8, 4) is 0 Å². The Morgan fingerprint density at radius 3 is 2.53 bits per heavy atom. The Hall–Kier alpha value is -0.550. The Kier molecular flexibility index (Phi) is 5.11. The van der Waals surface area contributed by atoms with Gasteiger partial charge in [0.15, 0.2) is 0 Å². The third-order valence-corrected chi connectivity index (χ3v) is 2.53. The first-order chi connectivity index (χ1) is 7.19. The van der Waals surface area contributed by atoms with Crippen LogP contribution in [-0.4, -0.2) is 31.3 Å². The van der Waals surface area contributed by atoms with Crippen molar-refractivity contribution in [2.45, 2.75) is 6.10 Å². The highest BCUT2D eigenvalue weighted by Gasteiger charge is 2.08. The molecular formula is C9H13Cl2N3O. The molecule has 1 atom stereocenters. The molecule has 1 heterocycles. The number of hydrogen-bond acceptors (Lipinski definition) is 4. The predicted molar refractivity (Wildman–Crippen MR) is 62.6 cm³/mol. The molecule has 4 nitrogen and oxygen atoms in total. The zero-order valence-electron chi connectivity index (χ0n) is 8.34. The monoisotopic (exact) mass is 249 g/mol. The molecule has 0 fully saturated rings. The van der Waals surface area contributed by atoms with E-state index >= 15 is 0 Å². The van der Waals surface area contributed by atoms with Crippen LogP contribution in [0.25, 0.3) is 0 Å². The first kappa shape index (κ1) is 12.5. The van der Waals surface area contributed by atoms with Gasteiger partial charge in [-0.05, 0) is 0 Å². The number of ether oxygens (including phenoxy) is 1. The molecule has 0 bridgehead atoms. The maximum Gasteiger partial charge on any atom is 0.0865 e. The van der Waals surface area contributed by atoms with Crippen molar-refractivity contribution in [3.63, 3.8) is 0 Å². The highest BCUT2D eigenvalue weighted by atomic mass is 35.5. The molecule has 84 valence electrons. The van der Waals surface area contributed by atoms with Crippen LogP contribution in [0.1, 0.15) is 0 Å². The van der Waals surface area contributed by atoms with Crippen LogP contribution in [0, 0.1) is 0 Å². The standard InChI is InChI=1S/C9H13Cl2N3O/c1-15-6(2-12)3-14-9-7(10)4-13-5-8(9)11/h4-6H,2-3,12H2,1H3,(H,13,14). The Bertz CT molecular complexity index is 298. The van der Waals surface area contributed by atoms with Gasteiger partial charge in [0.1, 0.15) is 0 Å². The molecule has 0 aliphatic rings. The number of methoxy groups -OCH3 is 1. The molecule has 0 aromatic carbocycles. The Morgan fingerprint density at radius 1 is 1.47 bits per heavy atom. The van der Waals surface area contributed by atoms with Crippen LogP contribution < -0.4 is 11.1 Å². The van der Waals surface area contributed by atoms with E-state index in [0.29, 0.717) is 28.8 Å². The van der Waals surface area contributed by atoms with Crippen molar-refractivity contribution in [3.05, 3.63) is 22.4 Å². The van der Waals surface area contributed by atoms with Gasteiger partial charge in [-0.1, -0.05) is 23.2 Å². The van der Waals surface area contributed by atoms with Crippen LogP contribution in [0.4, 0.5) is 5.69 Å². The topological polar surface area (TPSA) is 60.2 Å². The van der Waals surface area contributed by atoms with Gasteiger partial charge in [0.25, 0.3) is 0 Å². The quantitative estimate of drug-likeness (QED) is 0.836. The molecule has 1 aromatic rings. The van der Waals surface area contributed by atoms with E-state index in [9.17, 15) is 0 Å². The summed E-state index contributed by atoms with van der Waals surface area (Å²) in [4.78, 5) is 3.85. The summed E-state index contributed by atoms with van der Waals surface area (Å²) in [5, 5.41) is 4.04. The lowest BCUT2D eigenvalue weighted by molar-refractivity contribution is 0.120. The second-order valence-electron chi connectivity index (χ2n) is 2.95. The van der Waals surface area contributed by atoms with Crippen molar-refractivity contribution in [1.82, 2.24) is 4.98 Å². The molecule has 0 saturated heterocycles. The van der Waals surface area contributed by atoms with Crippen molar-refractivity contribution in [1.29, 1.82) is 0 Å². The first-order valence-electron chi connectivity index (χ1n) is 4.44. The minimum atomic E-state index is -0.0645. The number of nitrogens with two attached hydrogens (primary N) is 1. The summed E-state index contributed by atoms with van der Waals surface area (Å²) < 4.78 is 5.11. The molecule has 0 aliphatic carbocycles. The molecule has 15 heavy (non-hydrogen) atoms. The van der Waals surface area contributed by atoms with Crippen molar-refractivity contribution < 1.29 is 4.74 Å². The second-order valence-corrected chi connectivity index (χ2v) is 3.77. The fourth-order valence-corrected chi connectivity index (χ4v) is 1.56. The van der Waals surface area contributed by atoms with Gasteiger partial charge in [-0.15, -0.1) is 0 Å². The van der Waals surface area contributed by atoms with Gasteiger partial charge < -0.3 is 15.8 Å². The smallest absolute Gasteiger partial charge is 0.0865 e. The van der Waals surface area contributed by atoms with Crippen molar-refractivity contribution >= 4 is 28.9 Å². The third kappa shape index (κ3) is 3.50. The number of halogens is 2. The van der Waals surface area contributed by atoms with Gasteiger partial charge in [0.2, 0.25) is 0 Å². The molecule has 0 saturated carbocycles. The van der Waals surface area contributed by atoms with Crippen LogP contribution in [0.3, 0.4) is 0 Å². The summed E-state index contributed by atoms with van der Waals surface area (Å²) in [6.07, 6.45) is 2.99. The maximum atomic E-state index is 5.92. The largest absolute Gasteiger partial charge is 0.380 e. The van der Waals surface area contributed by atoms with Crippen molar-refractivity contribution in [2.75, 3.05) is 25.5 Å². The third-order valence-electron chi connectivity index (χ3n) is 1.96. The Labute approximate surface area is 98.7 Å². The highest BCUT2D eigenvalue weighted by Crippen LogP contribution is 2.28. The van der Waals surface area contributed by atoms with E-state index in [4.69, 9.17) is 33.7 Å².